The second kappa shape index (κ2) is 12.4. The molecule has 180 valence electrons. The number of rotatable bonds is 12. The summed E-state index contributed by atoms with van der Waals surface area (Å²) >= 11 is 0. The van der Waals surface area contributed by atoms with Crippen LogP contribution < -0.4 is 10.1 Å². The number of carbonyl (C=O) groups excluding carboxylic acids is 3. The molecule has 0 saturated carbocycles. The summed E-state index contributed by atoms with van der Waals surface area (Å²) < 4.78 is 43.4. The number of ether oxygens (including phenoxy) is 3. The maximum atomic E-state index is 12.3. The lowest BCUT2D eigenvalue weighted by molar-refractivity contribution is -0.162. The first-order chi connectivity index (χ1) is 14.9. The molecule has 1 atom stereocenters. The Morgan fingerprint density at radius 1 is 1.19 bits per heavy atom. The second-order valence-electron chi connectivity index (χ2n) is 7.52. The van der Waals surface area contributed by atoms with E-state index in [1.165, 1.54) is 26.8 Å². The Bertz CT molecular complexity index is 897. The number of benzene rings is 1. The second-order valence-corrected chi connectivity index (χ2v) is 9.28. The van der Waals surface area contributed by atoms with E-state index in [-0.39, 0.29) is 37.0 Å². The summed E-state index contributed by atoms with van der Waals surface area (Å²) in [7, 11) is -2.77. The fourth-order valence-electron chi connectivity index (χ4n) is 2.29. The van der Waals surface area contributed by atoms with Crippen LogP contribution in [0.3, 0.4) is 0 Å². The van der Waals surface area contributed by atoms with Crippen LogP contribution in [0, 0.1) is 5.41 Å². The Labute approximate surface area is 187 Å². The van der Waals surface area contributed by atoms with Gasteiger partial charge in [-0.15, -0.1) is 0 Å². The van der Waals surface area contributed by atoms with Crippen LogP contribution in [-0.4, -0.2) is 63.7 Å². The number of hydrogen-bond donors (Lipinski definition) is 2. The SMILES string of the molecule is COC(=O)Oc1ccccc1COC(=O)[C@H](O)C(C)(C)COS(=O)(=O)CCCNC(C)=O. The average Bonchev–Trinajstić information content (AvgIpc) is 2.74. The predicted molar refractivity (Wildman–Crippen MR) is 112 cm³/mol. The molecule has 1 rings (SSSR count). The third-order valence-electron chi connectivity index (χ3n) is 4.22. The number of para-hydroxylation sites is 1. The van der Waals surface area contributed by atoms with Crippen molar-refractivity contribution in [2.45, 2.75) is 39.9 Å². The maximum Gasteiger partial charge on any atom is 0.513 e. The molecule has 0 heterocycles. The van der Waals surface area contributed by atoms with E-state index in [4.69, 9.17) is 13.7 Å². The van der Waals surface area contributed by atoms with E-state index in [2.05, 4.69) is 10.1 Å². The normalized spacial score (nSPS) is 12.5. The van der Waals surface area contributed by atoms with E-state index in [0.717, 1.165) is 7.11 Å². The van der Waals surface area contributed by atoms with E-state index in [9.17, 15) is 27.9 Å². The van der Waals surface area contributed by atoms with Gasteiger partial charge in [0.05, 0.1) is 19.5 Å². The van der Waals surface area contributed by atoms with Crippen molar-refractivity contribution >= 4 is 28.1 Å². The molecule has 1 aromatic rings. The number of nitrogens with one attached hydrogen (secondary N) is 1. The highest BCUT2D eigenvalue weighted by Crippen LogP contribution is 2.25. The zero-order valence-electron chi connectivity index (χ0n) is 18.5. The molecule has 12 heteroatoms. The van der Waals surface area contributed by atoms with Crippen molar-refractivity contribution in [2.24, 2.45) is 5.41 Å². The van der Waals surface area contributed by atoms with E-state index in [1.54, 1.807) is 18.2 Å². The van der Waals surface area contributed by atoms with Crippen molar-refractivity contribution in [3.05, 3.63) is 29.8 Å². The van der Waals surface area contributed by atoms with E-state index in [0.29, 0.717) is 5.56 Å². The summed E-state index contributed by atoms with van der Waals surface area (Å²) in [5.74, 6) is -1.49. The highest BCUT2D eigenvalue weighted by molar-refractivity contribution is 7.86. The van der Waals surface area contributed by atoms with Gasteiger partial charge in [-0.25, -0.2) is 9.59 Å². The molecule has 32 heavy (non-hydrogen) atoms. The van der Waals surface area contributed by atoms with E-state index < -0.39 is 40.4 Å². The summed E-state index contributed by atoms with van der Waals surface area (Å²) in [6.45, 7) is 3.62. The zero-order valence-corrected chi connectivity index (χ0v) is 19.3. The number of carbonyl (C=O) groups is 3. The summed E-state index contributed by atoms with van der Waals surface area (Å²) in [4.78, 5) is 34.4. The minimum absolute atomic E-state index is 0.120. The van der Waals surface area contributed by atoms with Crippen molar-refractivity contribution in [2.75, 3.05) is 26.0 Å². The van der Waals surface area contributed by atoms with Gasteiger partial charge in [0.15, 0.2) is 6.10 Å². The summed E-state index contributed by atoms with van der Waals surface area (Å²) in [6.07, 6.45) is -2.48. The minimum Gasteiger partial charge on any atom is -0.459 e. The first kappa shape index (κ1) is 27.3. The lowest BCUT2D eigenvalue weighted by atomic mass is 9.88. The van der Waals surface area contributed by atoms with Gasteiger partial charge in [-0.05, 0) is 12.5 Å². The lowest BCUT2D eigenvalue weighted by Gasteiger charge is -2.28. The van der Waals surface area contributed by atoms with Crippen molar-refractivity contribution in [1.29, 1.82) is 0 Å². The molecule has 0 fully saturated rings. The Morgan fingerprint density at radius 3 is 2.47 bits per heavy atom. The van der Waals surface area contributed by atoms with Crippen LogP contribution in [0.15, 0.2) is 24.3 Å². The van der Waals surface area contributed by atoms with Crippen LogP contribution >= 0.6 is 0 Å². The topological polar surface area (TPSA) is 155 Å². The van der Waals surface area contributed by atoms with Gasteiger partial charge in [-0.1, -0.05) is 32.0 Å². The molecule has 0 bridgehead atoms. The number of hydrogen-bond acceptors (Lipinski definition) is 10. The van der Waals surface area contributed by atoms with Crippen molar-refractivity contribution < 1.29 is 46.3 Å². The van der Waals surface area contributed by atoms with Gasteiger partial charge in [0.1, 0.15) is 12.4 Å². The summed E-state index contributed by atoms with van der Waals surface area (Å²) in [5.41, 5.74) is -0.932. The molecule has 0 aliphatic rings. The molecule has 0 aliphatic heterocycles. The third-order valence-corrected chi connectivity index (χ3v) is 5.49. The third kappa shape index (κ3) is 9.62. The largest absolute Gasteiger partial charge is 0.513 e. The Hall–Kier alpha value is -2.70. The van der Waals surface area contributed by atoms with Crippen molar-refractivity contribution in [3.63, 3.8) is 0 Å². The van der Waals surface area contributed by atoms with Crippen molar-refractivity contribution in [3.8, 4) is 5.75 Å². The fraction of sp³-hybridized carbons (Fsp3) is 0.550. The smallest absolute Gasteiger partial charge is 0.459 e. The van der Waals surface area contributed by atoms with Gasteiger partial charge in [0, 0.05) is 24.4 Å². The average molecular weight is 476 g/mol. The first-order valence-corrected chi connectivity index (χ1v) is 11.3. The van der Waals surface area contributed by atoms with Crippen LogP contribution in [0.5, 0.6) is 5.75 Å². The molecule has 0 saturated heterocycles. The molecule has 11 nitrogen and oxygen atoms in total. The van der Waals surface area contributed by atoms with Gasteiger partial charge in [0.25, 0.3) is 10.1 Å². The first-order valence-electron chi connectivity index (χ1n) is 9.68. The van der Waals surface area contributed by atoms with Crippen LogP contribution in [-0.2, 0) is 40.0 Å². The number of aliphatic hydroxyl groups excluding tert-OH is 1. The molecular formula is C20H29NO10S. The van der Waals surface area contributed by atoms with Crippen LogP contribution in [0.2, 0.25) is 0 Å². The van der Waals surface area contributed by atoms with Crippen molar-refractivity contribution in [1.82, 2.24) is 5.32 Å². The molecular weight excluding hydrogens is 446 g/mol. The molecule has 1 amide bonds. The molecule has 0 aromatic heterocycles. The van der Waals surface area contributed by atoms with Crippen LogP contribution in [0.25, 0.3) is 0 Å². The monoisotopic (exact) mass is 475 g/mol. The Morgan fingerprint density at radius 2 is 1.84 bits per heavy atom. The maximum absolute atomic E-state index is 12.3. The molecule has 0 unspecified atom stereocenters. The van der Waals surface area contributed by atoms with E-state index >= 15 is 0 Å². The van der Waals surface area contributed by atoms with Crippen LogP contribution in [0.1, 0.15) is 32.8 Å². The van der Waals surface area contributed by atoms with Gasteiger partial charge in [-0.3, -0.25) is 8.98 Å². The standard InChI is InChI=1S/C20H29NO10S/c1-14(22)21-10-7-11-32(26,27)30-13-20(2,3)17(23)18(24)29-12-15-8-5-6-9-16(15)31-19(25)28-4/h5-6,8-9,17,23H,7,10-13H2,1-4H3,(H,21,22)/t17-/m0/s1. The number of methoxy groups -OCH3 is 1. The molecule has 1 aromatic carbocycles. The van der Waals surface area contributed by atoms with Gasteiger partial charge < -0.3 is 24.6 Å². The summed E-state index contributed by atoms with van der Waals surface area (Å²) in [5, 5.41) is 12.8. The highest BCUT2D eigenvalue weighted by atomic mass is 32.2. The van der Waals surface area contributed by atoms with Gasteiger partial charge in [0.2, 0.25) is 5.91 Å². The predicted octanol–water partition coefficient (Wildman–Crippen LogP) is 1.13. The fourth-order valence-corrected chi connectivity index (χ4v) is 3.39. The zero-order chi connectivity index (χ0) is 24.4. The lowest BCUT2D eigenvalue weighted by Crippen LogP contribution is -2.41. The highest BCUT2D eigenvalue weighted by Gasteiger charge is 2.36. The number of esters is 1. The molecule has 0 radical (unpaired) electrons. The summed E-state index contributed by atoms with van der Waals surface area (Å²) in [6, 6.07) is 6.28. The quantitative estimate of drug-likeness (QED) is 0.195. The number of amides is 1. The number of aliphatic hydroxyl groups is 1. The van der Waals surface area contributed by atoms with Crippen LogP contribution in [0.4, 0.5) is 4.79 Å². The minimum atomic E-state index is -3.92. The Balaban J connectivity index is 2.62. The molecule has 0 spiro atoms. The Kier molecular flexibility index (Phi) is 10.6. The van der Waals surface area contributed by atoms with Gasteiger partial charge in [-0.2, -0.15) is 8.42 Å². The molecule has 0 aliphatic carbocycles. The molecule has 2 N–H and O–H groups in total. The van der Waals surface area contributed by atoms with Gasteiger partial charge >= 0.3 is 12.1 Å². The van der Waals surface area contributed by atoms with E-state index in [1.807, 2.05) is 0 Å².